The van der Waals surface area contributed by atoms with Crippen molar-refractivity contribution in [3.8, 4) is 23.1 Å². The summed E-state index contributed by atoms with van der Waals surface area (Å²) in [7, 11) is 0. The van der Waals surface area contributed by atoms with Gasteiger partial charge in [-0.05, 0) is 43.2 Å². The van der Waals surface area contributed by atoms with Gasteiger partial charge in [-0.25, -0.2) is 9.18 Å². The van der Waals surface area contributed by atoms with Gasteiger partial charge in [-0.1, -0.05) is 29.8 Å². The summed E-state index contributed by atoms with van der Waals surface area (Å²) >= 11 is 0. The van der Waals surface area contributed by atoms with Crippen LogP contribution in [-0.2, 0) is 11.3 Å². The summed E-state index contributed by atoms with van der Waals surface area (Å²) in [6, 6.07) is 11.5. The van der Waals surface area contributed by atoms with Crippen molar-refractivity contribution >= 4 is 11.7 Å². The summed E-state index contributed by atoms with van der Waals surface area (Å²) < 4.78 is 24.7. The van der Waals surface area contributed by atoms with E-state index in [2.05, 4.69) is 17.0 Å². The standard InChI is InChI=1S/C24H19FN2O5/c25-22-13-19(8-7-17(22)6-5-16-3-1-2-4-16)24(28)31-15-21-14-23(26-32-21)18-9-11-20(12-10-18)27(29)30/h7-14,16H,1-4,15H2. The van der Waals surface area contributed by atoms with Gasteiger partial charge in [-0.2, -0.15) is 0 Å². The Morgan fingerprint density at radius 3 is 2.62 bits per heavy atom. The SMILES string of the molecule is O=C(OCc1cc(-c2ccc([N+](=O)[O-])cc2)no1)c1ccc(C#CC2CCCC2)c(F)c1. The van der Waals surface area contributed by atoms with E-state index in [1.54, 1.807) is 18.2 Å². The van der Waals surface area contributed by atoms with Crippen molar-refractivity contribution in [1.82, 2.24) is 5.16 Å². The van der Waals surface area contributed by atoms with Crippen LogP contribution in [-0.4, -0.2) is 16.0 Å². The van der Waals surface area contributed by atoms with Gasteiger partial charge < -0.3 is 9.26 Å². The average molecular weight is 434 g/mol. The van der Waals surface area contributed by atoms with Crippen LogP contribution in [0.25, 0.3) is 11.3 Å². The zero-order valence-corrected chi connectivity index (χ0v) is 17.0. The smallest absolute Gasteiger partial charge is 0.338 e. The monoisotopic (exact) mass is 434 g/mol. The lowest BCUT2D eigenvalue weighted by Gasteiger charge is -2.03. The molecule has 3 aromatic rings. The lowest BCUT2D eigenvalue weighted by molar-refractivity contribution is -0.384. The molecule has 8 heteroatoms. The molecule has 1 heterocycles. The van der Waals surface area contributed by atoms with Crippen LogP contribution in [0.15, 0.2) is 53.1 Å². The van der Waals surface area contributed by atoms with Gasteiger partial charge in [0, 0.05) is 29.7 Å². The lowest BCUT2D eigenvalue weighted by Crippen LogP contribution is -2.05. The Bertz CT molecular complexity index is 1200. The van der Waals surface area contributed by atoms with E-state index in [9.17, 15) is 19.3 Å². The van der Waals surface area contributed by atoms with Gasteiger partial charge in [0.05, 0.1) is 16.1 Å². The number of hydrogen-bond donors (Lipinski definition) is 0. The van der Waals surface area contributed by atoms with E-state index in [0.29, 0.717) is 17.2 Å². The second-order valence-corrected chi connectivity index (χ2v) is 7.50. The minimum atomic E-state index is -0.701. The molecule has 1 fully saturated rings. The van der Waals surface area contributed by atoms with E-state index >= 15 is 0 Å². The summed E-state index contributed by atoms with van der Waals surface area (Å²) in [5.41, 5.74) is 1.37. The van der Waals surface area contributed by atoms with E-state index in [4.69, 9.17) is 9.26 Å². The summed E-state index contributed by atoms with van der Waals surface area (Å²) in [5.74, 6) is 5.30. The van der Waals surface area contributed by atoms with Crippen molar-refractivity contribution in [1.29, 1.82) is 0 Å². The molecular formula is C24H19FN2O5. The van der Waals surface area contributed by atoms with Crippen molar-refractivity contribution in [2.75, 3.05) is 0 Å². The van der Waals surface area contributed by atoms with Gasteiger partial charge in [-0.3, -0.25) is 10.1 Å². The van der Waals surface area contributed by atoms with Gasteiger partial charge in [0.2, 0.25) is 0 Å². The van der Waals surface area contributed by atoms with Crippen molar-refractivity contribution in [2.24, 2.45) is 5.92 Å². The molecule has 2 aromatic carbocycles. The van der Waals surface area contributed by atoms with Gasteiger partial charge in [0.25, 0.3) is 5.69 Å². The summed E-state index contributed by atoms with van der Waals surface area (Å²) in [4.78, 5) is 22.5. The molecule has 32 heavy (non-hydrogen) atoms. The highest BCUT2D eigenvalue weighted by Gasteiger charge is 2.15. The second kappa shape index (κ2) is 9.43. The molecule has 7 nitrogen and oxygen atoms in total. The lowest BCUT2D eigenvalue weighted by atomic mass is 10.1. The third kappa shape index (κ3) is 5.01. The number of benzene rings is 2. The van der Waals surface area contributed by atoms with Crippen LogP contribution in [0.4, 0.5) is 10.1 Å². The normalized spacial score (nSPS) is 13.4. The van der Waals surface area contributed by atoms with E-state index in [1.165, 1.54) is 24.3 Å². The zero-order valence-electron chi connectivity index (χ0n) is 17.0. The molecule has 1 aliphatic rings. The number of nitro groups is 1. The fraction of sp³-hybridized carbons (Fsp3) is 0.250. The fourth-order valence-corrected chi connectivity index (χ4v) is 3.48. The highest BCUT2D eigenvalue weighted by molar-refractivity contribution is 5.89. The van der Waals surface area contributed by atoms with Gasteiger partial charge >= 0.3 is 5.97 Å². The van der Waals surface area contributed by atoms with Crippen LogP contribution in [0.1, 0.15) is 47.4 Å². The predicted molar refractivity (Wildman–Crippen MR) is 113 cm³/mol. The van der Waals surface area contributed by atoms with E-state index in [0.717, 1.165) is 31.7 Å². The second-order valence-electron chi connectivity index (χ2n) is 7.50. The topological polar surface area (TPSA) is 95.5 Å². The van der Waals surface area contributed by atoms with Crippen LogP contribution in [0.2, 0.25) is 0 Å². The Kier molecular flexibility index (Phi) is 6.26. The van der Waals surface area contributed by atoms with Crippen LogP contribution >= 0.6 is 0 Å². The Morgan fingerprint density at radius 1 is 1.19 bits per heavy atom. The maximum atomic E-state index is 14.3. The first kappa shape index (κ1) is 21.2. The Balaban J connectivity index is 1.36. The predicted octanol–water partition coefficient (Wildman–Crippen LogP) is 5.29. The van der Waals surface area contributed by atoms with Gasteiger partial charge in [-0.15, -0.1) is 0 Å². The van der Waals surface area contributed by atoms with Crippen LogP contribution < -0.4 is 0 Å². The molecule has 0 atom stereocenters. The molecular weight excluding hydrogens is 415 g/mol. The van der Waals surface area contributed by atoms with Gasteiger partial charge in [0.1, 0.15) is 11.5 Å². The van der Waals surface area contributed by atoms with E-state index < -0.39 is 16.7 Å². The Labute approximate surface area is 183 Å². The zero-order chi connectivity index (χ0) is 22.5. The molecule has 0 unspecified atom stereocenters. The molecule has 4 rings (SSSR count). The number of non-ortho nitro benzene ring substituents is 1. The Hall–Kier alpha value is -3.99. The summed E-state index contributed by atoms with van der Waals surface area (Å²) in [5, 5.41) is 14.6. The molecule has 162 valence electrons. The highest BCUT2D eigenvalue weighted by Crippen LogP contribution is 2.24. The third-order valence-electron chi connectivity index (χ3n) is 5.25. The van der Waals surface area contributed by atoms with Crippen molar-refractivity contribution in [2.45, 2.75) is 32.3 Å². The largest absolute Gasteiger partial charge is 0.454 e. The van der Waals surface area contributed by atoms with Crippen LogP contribution in [0, 0.1) is 33.7 Å². The number of nitro benzene ring substituents is 1. The first-order chi connectivity index (χ1) is 15.5. The number of aromatic nitrogens is 1. The van der Waals surface area contributed by atoms with Crippen molar-refractivity contribution < 1.29 is 23.4 Å². The molecule has 0 aliphatic heterocycles. The number of nitrogens with zero attached hydrogens (tertiary/aromatic N) is 2. The van der Waals surface area contributed by atoms with Crippen LogP contribution in [0.3, 0.4) is 0 Å². The quantitative estimate of drug-likeness (QED) is 0.234. The van der Waals surface area contributed by atoms with Crippen LogP contribution in [0.5, 0.6) is 0 Å². The number of carbonyl (C=O) groups is 1. The minimum Gasteiger partial charge on any atom is -0.454 e. The number of ether oxygens (including phenoxy) is 1. The number of rotatable bonds is 5. The average Bonchev–Trinajstić information content (AvgIpc) is 3.49. The highest BCUT2D eigenvalue weighted by atomic mass is 19.1. The molecule has 0 spiro atoms. The minimum absolute atomic E-state index is 0.0332. The fourth-order valence-electron chi connectivity index (χ4n) is 3.48. The van der Waals surface area contributed by atoms with Crippen molar-refractivity contribution in [3.63, 3.8) is 0 Å². The molecule has 0 radical (unpaired) electrons. The van der Waals surface area contributed by atoms with Crippen molar-refractivity contribution in [3.05, 3.63) is 81.3 Å². The summed E-state index contributed by atoms with van der Waals surface area (Å²) in [6.07, 6.45) is 4.42. The first-order valence-electron chi connectivity index (χ1n) is 10.2. The molecule has 1 aromatic heterocycles. The maximum Gasteiger partial charge on any atom is 0.338 e. The molecule has 0 saturated heterocycles. The Morgan fingerprint density at radius 2 is 1.94 bits per heavy atom. The molecule has 1 saturated carbocycles. The molecule has 0 N–H and O–H groups in total. The van der Waals surface area contributed by atoms with E-state index in [-0.39, 0.29) is 29.2 Å². The molecule has 1 aliphatic carbocycles. The third-order valence-corrected chi connectivity index (χ3v) is 5.25. The number of halogens is 1. The molecule has 0 amide bonds. The van der Waals surface area contributed by atoms with E-state index in [1.807, 2.05) is 0 Å². The maximum absolute atomic E-state index is 14.3. The first-order valence-corrected chi connectivity index (χ1v) is 10.2. The summed E-state index contributed by atoms with van der Waals surface area (Å²) in [6.45, 7) is -0.191. The molecule has 0 bridgehead atoms. The van der Waals surface area contributed by atoms with Gasteiger partial charge in [0.15, 0.2) is 12.4 Å². The number of hydrogen-bond acceptors (Lipinski definition) is 6. The number of esters is 1. The number of carbonyl (C=O) groups excluding carboxylic acids is 1.